The lowest BCUT2D eigenvalue weighted by Gasteiger charge is -2.32. The van der Waals surface area contributed by atoms with E-state index in [1.807, 2.05) is 19.9 Å². The fourth-order valence-corrected chi connectivity index (χ4v) is 3.50. The first-order valence-corrected chi connectivity index (χ1v) is 7.87. The number of nitrogens with zero attached hydrogens (tertiary/aromatic N) is 2. The Balaban J connectivity index is 1.54. The van der Waals surface area contributed by atoms with Gasteiger partial charge in [-0.15, -0.1) is 0 Å². The molecule has 0 aliphatic carbocycles. The van der Waals surface area contributed by atoms with Crippen molar-refractivity contribution in [2.45, 2.75) is 26.3 Å². The zero-order valence-electron chi connectivity index (χ0n) is 13.0. The van der Waals surface area contributed by atoms with Crippen molar-refractivity contribution >= 4 is 5.78 Å². The van der Waals surface area contributed by atoms with Gasteiger partial charge in [0, 0.05) is 49.2 Å². The number of likely N-dealkylation sites (tertiary alicyclic amines) is 1. The third kappa shape index (κ3) is 3.36. The largest absolute Gasteiger partial charge is 0.379 e. The molecule has 2 fully saturated rings. The molecule has 0 aromatic carbocycles. The van der Waals surface area contributed by atoms with Gasteiger partial charge in [-0.2, -0.15) is 0 Å². The van der Waals surface area contributed by atoms with Gasteiger partial charge < -0.3 is 9.72 Å². The average Bonchev–Trinajstić information content (AvgIpc) is 3.06. The fourth-order valence-electron chi connectivity index (χ4n) is 3.50. The number of aromatic nitrogens is 1. The lowest BCUT2D eigenvalue weighted by atomic mass is 10.1. The van der Waals surface area contributed by atoms with Crippen LogP contribution in [-0.2, 0) is 4.74 Å². The number of hydrogen-bond donors (Lipinski definition) is 1. The summed E-state index contributed by atoms with van der Waals surface area (Å²) < 4.78 is 5.41. The van der Waals surface area contributed by atoms with Crippen molar-refractivity contribution in [3.8, 4) is 0 Å². The molecule has 5 heteroatoms. The van der Waals surface area contributed by atoms with Gasteiger partial charge in [-0.25, -0.2) is 0 Å². The third-order valence-electron chi connectivity index (χ3n) is 4.63. The molecule has 116 valence electrons. The van der Waals surface area contributed by atoms with Crippen LogP contribution in [0, 0.1) is 13.8 Å². The van der Waals surface area contributed by atoms with E-state index < -0.39 is 0 Å². The van der Waals surface area contributed by atoms with Crippen molar-refractivity contribution in [3.63, 3.8) is 0 Å². The van der Waals surface area contributed by atoms with Crippen molar-refractivity contribution in [1.29, 1.82) is 0 Å². The number of morpholine rings is 1. The number of aryl methyl sites for hydroxylation is 2. The summed E-state index contributed by atoms with van der Waals surface area (Å²) in [6.45, 7) is 10.3. The predicted octanol–water partition coefficient (Wildman–Crippen LogP) is 1.22. The van der Waals surface area contributed by atoms with Gasteiger partial charge >= 0.3 is 0 Å². The smallest absolute Gasteiger partial charge is 0.178 e. The van der Waals surface area contributed by atoms with Crippen LogP contribution >= 0.6 is 0 Å². The van der Waals surface area contributed by atoms with Crippen LogP contribution in [0.3, 0.4) is 0 Å². The molecule has 1 aromatic rings. The van der Waals surface area contributed by atoms with E-state index in [1.54, 1.807) is 0 Å². The number of rotatable bonds is 4. The standard InChI is InChI=1S/C16H25N3O2/c1-12-9-15(13(2)17-12)16(20)11-18-4-3-14(10-18)19-5-7-21-8-6-19/h9,14,17H,3-8,10-11H2,1-2H3. The molecule has 0 spiro atoms. The van der Waals surface area contributed by atoms with E-state index in [1.165, 1.54) is 6.42 Å². The first-order chi connectivity index (χ1) is 10.1. The number of ether oxygens (including phenoxy) is 1. The summed E-state index contributed by atoms with van der Waals surface area (Å²) in [5.74, 6) is 0.236. The van der Waals surface area contributed by atoms with Gasteiger partial charge in [0.2, 0.25) is 0 Å². The zero-order chi connectivity index (χ0) is 14.8. The van der Waals surface area contributed by atoms with Crippen molar-refractivity contribution in [2.75, 3.05) is 45.9 Å². The van der Waals surface area contributed by atoms with Crippen molar-refractivity contribution in [3.05, 3.63) is 23.0 Å². The highest BCUT2D eigenvalue weighted by atomic mass is 16.5. The number of carbonyl (C=O) groups excluding carboxylic acids is 1. The maximum atomic E-state index is 12.4. The highest BCUT2D eigenvalue weighted by Crippen LogP contribution is 2.18. The summed E-state index contributed by atoms with van der Waals surface area (Å²) in [6.07, 6.45) is 1.17. The molecule has 1 aromatic heterocycles. The van der Waals surface area contributed by atoms with Gasteiger partial charge in [0.05, 0.1) is 19.8 Å². The van der Waals surface area contributed by atoms with Crippen molar-refractivity contribution < 1.29 is 9.53 Å². The number of nitrogens with one attached hydrogen (secondary N) is 1. The fraction of sp³-hybridized carbons (Fsp3) is 0.688. The first-order valence-electron chi connectivity index (χ1n) is 7.87. The number of carbonyl (C=O) groups is 1. The van der Waals surface area contributed by atoms with Crippen LogP contribution in [0.15, 0.2) is 6.07 Å². The van der Waals surface area contributed by atoms with Crippen molar-refractivity contribution in [2.24, 2.45) is 0 Å². The highest BCUT2D eigenvalue weighted by molar-refractivity contribution is 5.98. The van der Waals surface area contributed by atoms with Gasteiger partial charge in [-0.3, -0.25) is 14.6 Å². The minimum Gasteiger partial charge on any atom is -0.379 e. The second-order valence-electron chi connectivity index (χ2n) is 6.24. The minimum absolute atomic E-state index is 0.236. The van der Waals surface area contributed by atoms with Crippen LogP contribution in [0.2, 0.25) is 0 Å². The molecule has 3 rings (SSSR count). The summed E-state index contributed by atoms with van der Waals surface area (Å²) in [6, 6.07) is 2.56. The van der Waals surface area contributed by atoms with E-state index in [0.29, 0.717) is 12.6 Å². The molecule has 21 heavy (non-hydrogen) atoms. The monoisotopic (exact) mass is 291 g/mol. The van der Waals surface area contributed by atoms with Crippen LogP contribution in [0.1, 0.15) is 28.2 Å². The maximum Gasteiger partial charge on any atom is 0.178 e. The number of ketones is 1. The minimum atomic E-state index is 0.236. The SMILES string of the molecule is Cc1cc(C(=O)CN2CCC(N3CCOCC3)C2)c(C)[nH]1. The van der Waals surface area contributed by atoms with Crippen molar-refractivity contribution in [1.82, 2.24) is 14.8 Å². The molecule has 3 heterocycles. The van der Waals surface area contributed by atoms with E-state index in [-0.39, 0.29) is 5.78 Å². The quantitative estimate of drug-likeness (QED) is 0.848. The molecule has 1 atom stereocenters. The Bertz CT molecular complexity index is 506. The lowest BCUT2D eigenvalue weighted by Crippen LogP contribution is -2.45. The highest BCUT2D eigenvalue weighted by Gasteiger charge is 2.29. The molecular formula is C16H25N3O2. The van der Waals surface area contributed by atoms with E-state index in [9.17, 15) is 4.79 Å². The molecule has 5 nitrogen and oxygen atoms in total. The predicted molar refractivity (Wildman–Crippen MR) is 81.8 cm³/mol. The van der Waals surface area contributed by atoms with Gasteiger partial charge in [0.15, 0.2) is 5.78 Å². The van der Waals surface area contributed by atoms with Gasteiger partial charge in [0.1, 0.15) is 0 Å². The Morgan fingerprint density at radius 2 is 2.10 bits per heavy atom. The maximum absolute atomic E-state index is 12.4. The number of Topliss-reactive ketones (excluding diaryl/α,β-unsaturated/α-hetero) is 1. The number of H-pyrrole nitrogens is 1. The second kappa shape index (κ2) is 6.30. The molecule has 1 unspecified atom stereocenters. The van der Waals surface area contributed by atoms with Crippen LogP contribution in [0.5, 0.6) is 0 Å². The van der Waals surface area contributed by atoms with Crippen LogP contribution in [-0.4, -0.2) is 72.5 Å². The molecule has 0 radical (unpaired) electrons. The number of hydrogen-bond acceptors (Lipinski definition) is 4. The molecule has 2 saturated heterocycles. The lowest BCUT2D eigenvalue weighted by molar-refractivity contribution is 0.0185. The Morgan fingerprint density at radius 3 is 2.76 bits per heavy atom. The van der Waals surface area contributed by atoms with Gasteiger partial charge in [-0.05, 0) is 26.3 Å². The molecule has 0 saturated carbocycles. The summed E-state index contributed by atoms with van der Waals surface area (Å²) in [7, 11) is 0. The summed E-state index contributed by atoms with van der Waals surface area (Å²) in [5.41, 5.74) is 2.90. The summed E-state index contributed by atoms with van der Waals surface area (Å²) in [4.78, 5) is 20.4. The second-order valence-corrected chi connectivity index (χ2v) is 6.24. The van der Waals surface area contributed by atoms with E-state index in [2.05, 4.69) is 14.8 Å². The van der Waals surface area contributed by atoms with Crippen LogP contribution in [0.25, 0.3) is 0 Å². The van der Waals surface area contributed by atoms with Gasteiger partial charge in [-0.1, -0.05) is 0 Å². The Labute approximate surface area is 126 Å². The topological polar surface area (TPSA) is 48.6 Å². The average molecular weight is 291 g/mol. The van der Waals surface area contributed by atoms with E-state index in [0.717, 1.165) is 56.3 Å². The Hall–Kier alpha value is -1.17. The summed E-state index contributed by atoms with van der Waals surface area (Å²) in [5, 5.41) is 0. The molecule has 2 aliphatic heterocycles. The van der Waals surface area contributed by atoms with Crippen LogP contribution in [0.4, 0.5) is 0 Å². The van der Waals surface area contributed by atoms with E-state index in [4.69, 9.17) is 4.74 Å². The Morgan fingerprint density at radius 1 is 1.33 bits per heavy atom. The summed E-state index contributed by atoms with van der Waals surface area (Å²) >= 11 is 0. The van der Waals surface area contributed by atoms with Gasteiger partial charge in [0.25, 0.3) is 0 Å². The zero-order valence-corrected chi connectivity index (χ0v) is 13.0. The first kappa shape index (κ1) is 14.8. The molecule has 1 N–H and O–H groups in total. The third-order valence-corrected chi connectivity index (χ3v) is 4.63. The van der Waals surface area contributed by atoms with E-state index >= 15 is 0 Å². The molecule has 2 aliphatic rings. The molecule has 0 bridgehead atoms. The molecular weight excluding hydrogens is 266 g/mol. The molecule has 0 amide bonds. The van der Waals surface area contributed by atoms with Crippen LogP contribution < -0.4 is 0 Å². The normalized spacial score (nSPS) is 24.6. The number of aromatic amines is 1. The Kier molecular flexibility index (Phi) is 4.42.